The lowest BCUT2D eigenvalue weighted by atomic mass is 10.2. The van der Waals surface area contributed by atoms with Gasteiger partial charge in [0.15, 0.2) is 6.61 Å². The van der Waals surface area contributed by atoms with E-state index in [-0.39, 0.29) is 6.04 Å². The van der Waals surface area contributed by atoms with Gasteiger partial charge in [-0.15, -0.1) is 0 Å². The van der Waals surface area contributed by atoms with Crippen LogP contribution in [0.2, 0.25) is 0 Å². The zero-order chi connectivity index (χ0) is 20.3. The fourth-order valence-electron chi connectivity index (χ4n) is 2.97. The predicted octanol–water partition coefficient (Wildman–Crippen LogP) is 3.06. The van der Waals surface area contributed by atoms with E-state index in [1.165, 1.54) is 0 Å². The third-order valence-corrected chi connectivity index (χ3v) is 4.26. The van der Waals surface area contributed by atoms with Gasteiger partial charge in [0.2, 0.25) is 0 Å². The van der Waals surface area contributed by atoms with Crippen LogP contribution in [0.5, 0.6) is 0 Å². The number of rotatable bonds is 6. The summed E-state index contributed by atoms with van der Waals surface area (Å²) in [7, 11) is 0. The van der Waals surface area contributed by atoms with E-state index in [2.05, 4.69) is 15.5 Å². The highest BCUT2D eigenvalue weighted by Crippen LogP contribution is 2.19. The Morgan fingerprint density at radius 2 is 1.86 bits per heavy atom. The number of carbonyl (C=O) groups excluding carboxylic acids is 2. The summed E-state index contributed by atoms with van der Waals surface area (Å²) in [5.74, 6) is -0.452. The molecular weight excluding hydrogens is 358 g/mol. The van der Waals surface area contributed by atoms with Gasteiger partial charge in [-0.25, -0.2) is 14.2 Å². The van der Waals surface area contributed by atoms with Gasteiger partial charge < -0.3 is 10.1 Å². The average molecular weight is 381 g/mol. The summed E-state index contributed by atoms with van der Waals surface area (Å²) in [6, 6.07) is 11.3. The van der Waals surface area contributed by atoms with Crippen LogP contribution < -0.4 is 5.32 Å². The Bertz CT molecular complexity index is 989. The molecule has 1 aromatic carbocycles. The van der Waals surface area contributed by atoms with Crippen molar-refractivity contribution in [2.75, 3.05) is 11.9 Å². The number of anilines is 1. The molecule has 3 rings (SSSR count). The third-order valence-electron chi connectivity index (χ3n) is 4.26. The number of ether oxygens (including phenoxy) is 1. The molecule has 28 heavy (non-hydrogen) atoms. The molecule has 1 amide bonds. The minimum atomic E-state index is -0.579. The Labute approximate surface area is 163 Å². The number of hydrogen-bond donors (Lipinski definition) is 1. The highest BCUT2D eigenvalue weighted by molar-refractivity contribution is 5.96. The summed E-state index contributed by atoms with van der Waals surface area (Å²) in [5.41, 5.74) is 2.42. The van der Waals surface area contributed by atoms with Crippen LogP contribution in [0, 0.1) is 13.8 Å². The normalized spacial score (nSPS) is 10.9. The van der Waals surface area contributed by atoms with Crippen molar-refractivity contribution in [1.29, 1.82) is 0 Å². The minimum Gasteiger partial charge on any atom is -0.452 e. The minimum absolute atomic E-state index is 0.0991. The number of para-hydroxylation sites is 1. The van der Waals surface area contributed by atoms with Crippen LogP contribution in [0.25, 0.3) is 5.69 Å². The van der Waals surface area contributed by atoms with Gasteiger partial charge in [0, 0.05) is 12.1 Å². The van der Waals surface area contributed by atoms with E-state index >= 15 is 0 Å². The molecule has 2 aromatic heterocycles. The van der Waals surface area contributed by atoms with E-state index < -0.39 is 18.5 Å². The van der Waals surface area contributed by atoms with Gasteiger partial charge in [-0.1, -0.05) is 18.2 Å². The summed E-state index contributed by atoms with van der Waals surface area (Å²) >= 11 is 0. The van der Waals surface area contributed by atoms with Gasteiger partial charge in [0.05, 0.1) is 23.3 Å². The van der Waals surface area contributed by atoms with Crippen LogP contribution in [-0.4, -0.2) is 38.0 Å². The maximum Gasteiger partial charge on any atom is 0.342 e. The molecule has 0 radical (unpaired) electrons. The number of nitrogens with zero attached hydrogens (tertiary/aromatic N) is 4. The van der Waals surface area contributed by atoms with Crippen molar-refractivity contribution in [3.8, 4) is 5.69 Å². The molecule has 0 aliphatic heterocycles. The standard InChI is InChI=1S/C20H23N5O3/c1-13(2)24-17(10-11-21-24)22-18(26)12-28-20(27)19-14(3)23-25(15(19)4)16-8-6-5-7-9-16/h5-11,13H,12H2,1-4H3,(H,22,26). The van der Waals surface area contributed by atoms with Gasteiger partial charge in [-0.05, 0) is 39.8 Å². The highest BCUT2D eigenvalue weighted by atomic mass is 16.5. The Kier molecular flexibility index (Phi) is 5.58. The SMILES string of the molecule is Cc1nn(-c2ccccc2)c(C)c1C(=O)OCC(=O)Nc1ccnn1C(C)C. The second-order valence-electron chi connectivity index (χ2n) is 6.67. The topological polar surface area (TPSA) is 91.0 Å². The van der Waals surface area contributed by atoms with Gasteiger partial charge in [-0.3, -0.25) is 4.79 Å². The first kappa shape index (κ1) is 19.3. The number of benzene rings is 1. The van der Waals surface area contributed by atoms with E-state index in [1.807, 2.05) is 44.2 Å². The molecular formula is C20H23N5O3. The van der Waals surface area contributed by atoms with Gasteiger partial charge >= 0.3 is 5.97 Å². The van der Waals surface area contributed by atoms with Crippen LogP contribution in [0.1, 0.15) is 41.6 Å². The lowest BCUT2D eigenvalue weighted by Crippen LogP contribution is -2.23. The van der Waals surface area contributed by atoms with Crippen LogP contribution >= 0.6 is 0 Å². The zero-order valence-corrected chi connectivity index (χ0v) is 16.3. The second-order valence-corrected chi connectivity index (χ2v) is 6.67. The Morgan fingerprint density at radius 3 is 2.54 bits per heavy atom. The van der Waals surface area contributed by atoms with Gasteiger partial charge in [0.1, 0.15) is 11.4 Å². The lowest BCUT2D eigenvalue weighted by Gasteiger charge is -2.12. The molecule has 1 N–H and O–H groups in total. The number of nitrogens with one attached hydrogen (secondary N) is 1. The molecule has 0 saturated heterocycles. The predicted molar refractivity (Wildman–Crippen MR) is 105 cm³/mol. The van der Waals surface area contributed by atoms with Crippen molar-refractivity contribution in [3.05, 3.63) is 59.5 Å². The van der Waals surface area contributed by atoms with E-state index in [4.69, 9.17) is 4.74 Å². The lowest BCUT2D eigenvalue weighted by molar-refractivity contribution is -0.119. The number of esters is 1. The molecule has 8 nitrogen and oxygen atoms in total. The van der Waals surface area contributed by atoms with Crippen molar-refractivity contribution in [3.63, 3.8) is 0 Å². The summed E-state index contributed by atoms with van der Waals surface area (Å²) in [6.07, 6.45) is 1.60. The van der Waals surface area contributed by atoms with Gasteiger partial charge in [-0.2, -0.15) is 10.2 Å². The first-order valence-electron chi connectivity index (χ1n) is 9.00. The molecule has 0 aliphatic carbocycles. The third kappa shape index (κ3) is 3.95. The quantitative estimate of drug-likeness (QED) is 0.663. The van der Waals surface area contributed by atoms with Crippen LogP contribution in [0.3, 0.4) is 0 Å². The number of amides is 1. The van der Waals surface area contributed by atoms with Gasteiger partial charge in [0.25, 0.3) is 5.91 Å². The van der Waals surface area contributed by atoms with Crippen molar-refractivity contribution in [2.24, 2.45) is 0 Å². The molecule has 0 unspecified atom stereocenters. The summed E-state index contributed by atoms with van der Waals surface area (Å²) in [6.45, 7) is 7.06. The zero-order valence-electron chi connectivity index (χ0n) is 16.3. The largest absolute Gasteiger partial charge is 0.452 e. The molecule has 2 heterocycles. The molecule has 0 saturated carbocycles. The van der Waals surface area contributed by atoms with E-state index in [1.54, 1.807) is 35.5 Å². The maximum absolute atomic E-state index is 12.5. The Hall–Kier alpha value is -3.42. The van der Waals surface area contributed by atoms with Crippen LogP contribution in [0.15, 0.2) is 42.6 Å². The molecule has 0 aliphatic rings. The van der Waals surface area contributed by atoms with Crippen molar-refractivity contribution in [1.82, 2.24) is 19.6 Å². The number of aromatic nitrogens is 4. The fourth-order valence-corrected chi connectivity index (χ4v) is 2.97. The summed E-state index contributed by atoms with van der Waals surface area (Å²) in [4.78, 5) is 24.7. The fraction of sp³-hybridized carbons (Fsp3) is 0.300. The smallest absolute Gasteiger partial charge is 0.342 e. The molecule has 0 bridgehead atoms. The van der Waals surface area contributed by atoms with E-state index in [0.717, 1.165) is 5.69 Å². The monoisotopic (exact) mass is 381 g/mol. The molecule has 8 heteroatoms. The van der Waals surface area contributed by atoms with Crippen molar-refractivity contribution in [2.45, 2.75) is 33.7 Å². The highest BCUT2D eigenvalue weighted by Gasteiger charge is 2.22. The second kappa shape index (κ2) is 8.08. The van der Waals surface area contributed by atoms with Crippen LogP contribution in [0.4, 0.5) is 5.82 Å². The van der Waals surface area contributed by atoms with Crippen molar-refractivity contribution < 1.29 is 14.3 Å². The average Bonchev–Trinajstić information content (AvgIpc) is 3.24. The first-order chi connectivity index (χ1) is 13.4. The molecule has 0 fully saturated rings. The molecule has 0 atom stereocenters. The molecule has 3 aromatic rings. The summed E-state index contributed by atoms with van der Waals surface area (Å²) < 4.78 is 8.58. The number of aryl methyl sites for hydroxylation is 1. The van der Waals surface area contributed by atoms with Crippen LogP contribution in [-0.2, 0) is 9.53 Å². The number of carbonyl (C=O) groups is 2. The maximum atomic E-state index is 12.5. The van der Waals surface area contributed by atoms with Crippen molar-refractivity contribution >= 4 is 17.7 Å². The molecule has 146 valence electrons. The number of hydrogen-bond acceptors (Lipinski definition) is 5. The van der Waals surface area contributed by atoms with E-state index in [9.17, 15) is 9.59 Å². The first-order valence-corrected chi connectivity index (χ1v) is 9.00. The Morgan fingerprint density at radius 1 is 1.14 bits per heavy atom. The van der Waals surface area contributed by atoms with E-state index in [0.29, 0.717) is 22.8 Å². The summed E-state index contributed by atoms with van der Waals surface area (Å²) in [5, 5.41) is 11.3. The Balaban J connectivity index is 1.68. The molecule has 0 spiro atoms.